The van der Waals surface area contributed by atoms with Gasteiger partial charge in [-0.3, -0.25) is 19.3 Å². The zero-order valence-corrected chi connectivity index (χ0v) is 11.5. The number of aliphatic imine (C=N–C) groups is 1. The molecule has 2 aromatic rings. The van der Waals surface area contributed by atoms with Crippen molar-refractivity contribution in [3.05, 3.63) is 55.1 Å². The van der Waals surface area contributed by atoms with Crippen molar-refractivity contribution >= 4 is 27.8 Å². The van der Waals surface area contributed by atoms with Gasteiger partial charge in [-0.1, -0.05) is 15.9 Å². The van der Waals surface area contributed by atoms with E-state index in [1.165, 1.54) is 13.3 Å². The first-order valence-corrected chi connectivity index (χ1v) is 6.10. The van der Waals surface area contributed by atoms with Crippen LogP contribution in [0.25, 0.3) is 0 Å². The summed E-state index contributed by atoms with van der Waals surface area (Å²) in [6.07, 6.45) is 1.22. The minimum absolute atomic E-state index is 0.0648. The Labute approximate surface area is 116 Å². The first-order valence-electron chi connectivity index (χ1n) is 5.31. The average Bonchev–Trinajstić information content (AvgIpc) is 2.38. The van der Waals surface area contributed by atoms with Crippen LogP contribution in [0.15, 0.2) is 43.3 Å². The van der Waals surface area contributed by atoms with Crippen LogP contribution >= 0.6 is 15.9 Å². The number of hydrogen-bond donors (Lipinski definition) is 2. The Hall–Kier alpha value is -2.15. The van der Waals surface area contributed by atoms with E-state index in [0.29, 0.717) is 5.69 Å². The second-order valence-electron chi connectivity index (χ2n) is 3.79. The van der Waals surface area contributed by atoms with Crippen molar-refractivity contribution in [1.29, 1.82) is 0 Å². The summed E-state index contributed by atoms with van der Waals surface area (Å²) in [7, 11) is 1.35. The van der Waals surface area contributed by atoms with Crippen LogP contribution in [0, 0.1) is 0 Å². The fourth-order valence-electron chi connectivity index (χ4n) is 1.41. The highest BCUT2D eigenvalue weighted by Gasteiger charge is 2.09. The van der Waals surface area contributed by atoms with Crippen LogP contribution in [0.4, 0.5) is 5.69 Å². The van der Waals surface area contributed by atoms with Crippen LogP contribution in [-0.2, 0) is 7.05 Å². The Kier molecular flexibility index (Phi) is 3.66. The Morgan fingerprint density at radius 1 is 1.32 bits per heavy atom. The molecule has 6 nitrogen and oxygen atoms in total. The normalized spacial score (nSPS) is 11.1. The van der Waals surface area contributed by atoms with Gasteiger partial charge < -0.3 is 5.11 Å². The first kappa shape index (κ1) is 13.3. The fourth-order valence-corrected chi connectivity index (χ4v) is 1.67. The molecule has 0 bridgehead atoms. The predicted octanol–water partition coefficient (Wildman–Crippen LogP) is 1.29. The number of hydrogen-bond acceptors (Lipinski definition) is 4. The Bertz CT molecular complexity index is 744. The molecule has 7 heteroatoms. The first-order chi connectivity index (χ1) is 8.99. The van der Waals surface area contributed by atoms with Crippen molar-refractivity contribution in [1.82, 2.24) is 9.55 Å². The van der Waals surface area contributed by atoms with Crippen molar-refractivity contribution in [3.8, 4) is 5.88 Å². The standard InChI is InChI=1S/C12H10BrN3O3/c1-16-11(18)9(10(17)15-12(16)19)6-14-8-4-2-7(13)3-5-8/h2-6,18H,1H3,(H,15,17,19). The molecule has 1 aromatic carbocycles. The third-order valence-corrected chi connectivity index (χ3v) is 3.03. The maximum atomic E-state index is 11.6. The largest absolute Gasteiger partial charge is 0.494 e. The van der Waals surface area contributed by atoms with E-state index in [4.69, 9.17) is 0 Å². The van der Waals surface area contributed by atoms with E-state index in [2.05, 4.69) is 25.9 Å². The lowest BCUT2D eigenvalue weighted by Crippen LogP contribution is -2.30. The molecule has 2 rings (SSSR count). The summed E-state index contributed by atoms with van der Waals surface area (Å²) in [5, 5.41) is 9.73. The minimum Gasteiger partial charge on any atom is -0.494 e. The van der Waals surface area contributed by atoms with Gasteiger partial charge in [-0.15, -0.1) is 0 Å². The molecule has 0 fully saturated rings. The number of aromatic amines is 1. The summed E-state index contributed by atoms with van der Waals surface area (Å²) in [6, 6.07) is 7.09. The molecule has 98 valence electrons. The molecule has 2 N–H and O–H groups in total. The van der Waals surface area contributed by atoms with Crippen molar-refractivity contribution in [2.24, 2.45) is 12.0 Å². The monoisotopic (exact) mass is 323 g/mol. The third-order valence-electron chi connectivity index (χ3n) is 2.50. The molecule has 0 aliphatic carbocycles. The fraction of sp³-hybridized carbons (Fsp3) is 0.0833. The van der Waals surface area contributed by atoms with Gasteiger partial charge in [-0.05, 0) is 24.3 Å². The molecule has 0 spiro atoms. The highest BCUT2D eigenvalue weighted by Crippen LogP contribution is 2.17. The lowest BCUT2D eigenvalue weighted by Gasteiger charge is -2.02. The maximum absolute atomic E-state index is 11.6. The number of aromatic nitrogens is 2. The van der Waals surface area contributed by atoms with Gasteiger partial charge in [0, 0.05) is 17.7 Å². The summed E-state index contributed by atoms with van der Waals surface area (Å²) in [5.74, 6) is -0.422. The maximum Gasteiger partial charge on any atom is 0.330 e. The van der Waals surface area contributed by atoms with Gasteiger partial charge in [-0.2, -0.15) is 0 Å². The van der Waals surface area contributed by atoms with Gasteiger partial charge in [-0.25, -0.2) is 4.79 Å². The van der Waals surface area contributed by atoms with Crippen LogP contribution < -0.4 is 11.2 Å². The summed E-state index contributed by atoms with van der Waals surface area (Å²) in [5.41, 5.74) is -0.800. The van der Waals surface area contributed by atoms with E-state index in [-0.39, 0.29) is 5.56 Å². The molecule has 1 aromatic heterocycles. The SMILES string of the molecule is Cn1c(O)c(C=Nc2ccc(Br)cc2)c(=O)[nH]c1=O. The lowest BCUT2D eigenvalue weighted by molar-refractivity contribution is 0.417. The number of nitrogens with zero attached hydrogens (tertiary/aromatic N) is 2. The van der Waals surface area contributed by atoms with E-state index in [1.807, 2.05) is 0 Å². The summed E-state index contributed by atoms with van der Waals surface area (Å²) in [4.78, 5) is 28.9. The molecule has 0 atom stereocenters. The van der Waals surface area contributed by atoms with Gasteiger partial charge in [0.2, 0.25) is 5.88 Å². The zero-order valence-electron chi connectivity index (χ0n) is 9.92. The van der Waals surface area contributed by atoms with Crippen molar-refractivity contribution in [2.45, 2.75) is 0 Å². The summed E-state index contributed by atoms with van der Waals surface area (Å²) < 4.78 is 1.85. The summed E-state index contributed by atoms with van der Waals surface area (Å²) >= 11 is 3.30. The van der Waals surface area contributed by atoms with Gasteiger partial charge in [0.05, 0.1) is 5.69 Å². The number of halogens is 1. The molecule has 0 saturated heterocycles. The molecule has 19 heavy (non-hydrogen) atoms. The highest BCUT2D eigenvalue weighted by molar-refractivity contribution is 9.10. The molecule has 0 radical (unpaired) electrons. The van der Waals surface area contributed by atoms with Gasteiger partial charge >= 0.3 is 5.69 Å². The molecule has 0 aliphatic heterocycles. The van der Waals surface area contributed by atoms with Crippen LogP contribution in [0.2, 0.25) is 0 Å². The van der Waals surface area contributed by atoms with E-state index in [9.17, 15) is 14.7 Å². The zero-order chi connectivity index (χ0) is 14.0. The van der Waals surface area contributed by atoms with Crippen molar-refractivity contribution < 1.29 is 5.11 Å². The Morgan fingerprint density at radius 3 is 2.58 bits per heavy atom. The predicted molar refractivity (Wildman–Crippen MR) is 75.4 cm³/mol. The van der Waals surface area contributed by atoms with Gasteiger partial charge in [0.25, 0.3) is 5.56 Å². The van der Waals surface area contributed by atoms with E-state index in [1.54, 1.807) is 24.3 Å². The quantitative estimate of drug-likeness (QED) is 0.816. The molecular weight excluding hydrogens is 314 g/mol. The smallest absolute Gasteiger partial charge is 0.330 e. The second kappa shape index (κ2) is 5.23. The molecule has 0 saturated carbocycles. The lowest BCUT2D eigenvalue weighted by atomic mass is 10.3. The summed E-state index contributed by atoms with van der Waals surface area (Å²) in [6.45, 7) is 0. The highest BCUT2D eigenvalue weighted by atomic mass is 79.9. The second-order valence-corrected chi connectivity index (χ2v) is 4.71. The van der Waals surface area contributed by atoms with Crippen LogP contribution in [0.5, 0.6) is 5.88 Å². The molecule has 1 heterocycles. The van der Waals surface area contributed by atoms with E-state index < -0.39 is 17.1 Å². The average molecular weight is 324 g/mol. The van der Waals surface area contributed by atoms with Gasteiger partial charge in [0.15, 0.2) is 0 Å². The van der Waals surface area contributed by atoms with E-state index >= 15 is 0 Å². The number of nitrogens with one attached hydrogen (secondary N) is 1. The number of benzene rings is 1. The van der Waals surface area contributed by atoms with E-state index in [0.717, 1.165) is 9.04 Å². The van der Waals surface area contributed by atoms with Gasteiger partial charge in [0.1, 0.15) is 5.56 Å². The van der Waals surface area contributed by atoms with Crippen LogP contribution in [0.3, 0.4) is 0 Å². The molecule has 0 aliphatic rings. The number of rotatable bonds is 2. The number of H-pyrrole nitrogens is 1. The Balaban J connectivity index is 2.44. The number of aromatic hydroxyl groups is 1. The molecule has 0 unspecified atom stereocenters. The third kappa shape index (κ3) is 2.82. The van der Waals surface area contributed by atoms with Crippen molar-refractivity contribution in [3.63, 3.8) is 0 Å². The molecule has 0 amide bonds. The minimum atomic E-state index is -0.679. The van der Waals surface area contributed by atoms with Crippen LogP contribution in [-0.4, -0.2) is 20.9 Å². The topological polar surface area (TPSA) is 87.4 Å². The Morgan fingerprint density at radius 2 is 1.95 bits per heavy atom. The molecular formula is C12H10BrN3O3. The van der Waals surface area contributed by atoms with Crippen molar-refractivity contribution in [2.75, 3.05) is 0 Å². The van der Waals surface area contributed by atoms with Crippen LogP contribution in [0.1, 0.15) is 5.56 Å².